The van der Waals surface area contributed by atoms with E-state index in [4.69, 9.17) is 37.9 Å². The average Bonchev–Trinajstić information content (AvgIpc) is 3.47. The van der Waals surface area contributed by atoms with Crippen molar-refractivity contribution in [3.63, 3.8) is 0 Å². The molecular formula is C37H36O12. The lowest BCUT2D eigenvalue weighted by Gasteiger charge is -2.26. The molecule has 5 aromatic rings. The molecule has 0 saturated carbocycles. The summed E-state index contributed by atoms with van der Waals surface area (Å²) >= 11 is 0. The largest absolute Gasteiger partial charge is 0.496 e. The van der Waals surface area contributed by atoms with Crippen LogP contribution in [0.4, 0.5) is 0 Å². The van der Waals surface area contributed by atoms with Gasteiger partial charge in [0, 0.05) is 53.6 Å². The molecule has 1 aromatic heterocycles. The normalized spacial score (nSPS) is 10.5. The van der Waals surface area contributed by atoms with Crippen LogP contribution in [0.3, 0.4) is 0 Å². The number of carboxylic acids is 1. The molecule has 12 nitrogen and oxygen atoms in total. The van der Waals surface area contributed by atoms with E-state index in [0.29, 0.717) is 61.9 Å². The summed E-state index contributed by atoms with van der Waals surface area (Å²) in [7, 11) is 8.38. The van der Waals surface area contributed by atoms with E-state index in [1.54, 1.807) is 24.3 Å². The Hall–Kier alpha value is -5.97. The third-order valence-electron chi connectivity index (χ3n) is 8.31. The number of rotatable bonds is 10. The number of aliphatic hydroxyl groups excluding tert-OH is 1. The first-order valence-electron chi connectivity index (χ1n) is 14.7. The summed E-state index contributed by atoms with van der Waals surface area (Å²) in [5.74, 6) is 2.37. The zero-order valence-electron chi connectivity index (χ0n) is 28.5. The highest BCUT2D eigenvalue weighted by Crippen LogP contribution is 2.51. The van der Waals surface area contributed by atoms with Gasteiger partial charge in [0.2, 0.25) is 0 Å². The molecule has 0 aliphatic carbocycles. The van der Waals surface area contributed by atoms with Crippen molar-refractivity contribution in [3.8, 4) is 62.1 Å². The number of carboxylic acid groups (broad SMARTS) is 1. The van der Waals surface area contributed by atoms with Crippen molar-refractivity contribution in [2.75, 3.05) is 42.7 Å². The summed E-state index contributed by atoms with van der Waals surface area (Å²) in [4.78, 5) is 36.5. The molecule has 0 aliphatic rings. The fourth-order valence-electron chi connectivity index (χ4n) is 6.27. The van der Waals surface area contributed by atoms with E-state index in [-0.39, 0.29) is 22.3 Å². The lowest BCUT2D eigenvalue weighted by Crippen LogP contribution is -2.06. The monoisotopic (exact) mass is 672 g/mol. The summed E-state index contributed by atoms with van der Waals surface area (Å²) in [5.41, 5.74) is 5.87. The molecule has 0 saturated heterocycles. The Bertz CT molecular complexity index is 2070. The van der Waals surface area contributed by atoms with Gasteiger partial charge in [0.25, 0.3) is 0 Å². The molecule has 0 unspecified atom stereocenters. The molecule has 4 aromatic carbocycles. The van der Waals surface area contributed by atoms with E-state index in [2.05, 4.69) is 0 Å². The molecule has 0 radical (unpaired) electrons. The molecule has 0 fully saturated rings. The van der Waals surface area contributed by atoms with Crippen molar-refractivity contribution in [2.24, 2.45) is 0 Å². The van der Waals surface area contributed by atoms with Crippen LogP contribution in [0.15, 0.2) is 50.3 Å². The fraction of sp³-hybridized carbons (Fsp3) is 0.243. The van der Waals surface area contributed by atoms with E-state index >= 15 is 0 Å². The summed E-state index contributed by atoms with van der Waals surface area (Å²) in [6, 6.07) is 9.69. The highest BCUT2D eigenvalue weighted by Gasteiger charge is 2.28. The number of aromatic carboxylic acids is 1. The minimum absolute atomic E-state index is 0.0683. The SMILES string of the molecule is CO.COc1cc(OC)c(-c2c(C)c(-c3cc(C(=O)O)c(OC)cc3OC)c(C)c(-c3cc4c(=O)ooc4cc3OC)c2C)cc1C=C=O. The van der Waals surface area contributed by atoms with Crippen LogP contribution in [0.5, 0.6) is 28.7 Å². The number of aliphatic hydroxyl groups is 1. The summed E-state index contributed by atoms with van der Waals surface area (Å²) in [5, 5.41) is 17.3. The Kier molecular flexibility index (Phi) is 10.9. The summed E-state index contributed by atoms with van der Waals surface area (Å²) in [6.07, 6.45) is 1.27. The quantitative estimate of drug-likeness (QED) is 0.122. The minimum atomic E-state index is -1.19. The Morgan fingerprint density at radius 2 is 1.10 bits per heavy atom. The lowest BCUT2D eigenvalue weighted by atomic mass is 9.79. The van der Waals surface area contributed by atoms with Crippen molar-refractivity contribution < 1.29 is 52.6 Å². The Balaban J connectivity index is 0.00000265. The highest BCUT2D eigenvalue weighted by atomic mass is 17.0. The first-order chi connectivity index (χ1) is 23.5. The van der Waals surface area contributed by atoms with Gasteiger partial charge in [0.1, 0.15) is 45.6 Å². The molecule has 0 aliphatic heterocycles. The first kappa shape index (κ1) is 35.9. The van der Waals surface area contributed by atoms with Gasteiger partial charge in [0.15, 0.2) is 5.58 Å². The zero-order chi connectivity index (χ0) is 36.2. The summed E-state index contributed by atoms with van der Waals surface area (Å²) < 4.78 is 38.2. The third-order valence-corrected chi connectivity index (χ3v) is 8.31. The maximum absolute atomic E-state index is 12.6. The molecular weight excluding hydrogens is 636 g/mol. The zero-order valence-corrected chi connectivity index (χ0v) is 28.5. The molecule has 49 heavy (non-hydrogen) atoms. The van der Waals surface area contributed by atoms with Crippen LogP contribution in [0.2, 0.25) is 0 Å². The number of carbonyl (C=O) groups is 1. The van der Waals surface area contributed by atoms with Crippen LogP contribution in [0, 0.1) is 20.8 Å². The number of carbonyl (C=O) groups excluding carboxylic acids is 1. The number of methoxy groups -OCH3 is 5. The fourth-order valence-corrected chi connectivity index (χ4v) is 6.27. The molecule has 1 heterocycles. The van der Waals surface area contributed by atoms with Crippen LogP contribution >= 0.6 is 0 Å². The number of ether oxygens (including phenoxy) is 5. The van der Waals surface area contributed by atoms with Crippen LogP contribution in [-0.4, -0.2) is 64.8 Å². The first-order valence-corrected chi connectivity index (χ1v) is 14.7. The van der Waals surface area contributed by atoms with E-state index in [0.717, 1.165) is 23.8 Å². The van der Waals surface area contributed by atoms with Crippen LogP contribution in [-0.2, 0) is 4.79 Å². The number of benzene rings is 4. The predicted octanol–water partition coefficient (Wildman–Crippen LogP) is 6.51. The maximum atomic E-state index is 12.6. The molecule has 0 spiro atoms. The van der Waals surface area contributed by atoms with Gasteiger partial charge >= 0.3 is 11.6 Å². The van der Waals surface area contributed by atoms with Gasteiger partial charge in [-0.1, -0.05) is 0 Å². The van der Waals surface area contributed by atoms with Crippen LogP contribution in [0.25, 0.3) is 50.4 Å². The molecule has 0 bridgehead atoms. The van der Waals surface area contributed by atoms with Gasteiger partial charge in [-0.15, -0.1) is 0 Å². The lowest BCUT2D eigenvalue weighted by molar-refractivity contribution is 0.0657. The van der Waals surface area contributed by atoms with Gasteiger partial charge < -0.3 is 33.9 Å². The molecule has 2 N–H and O–H groups in total. The molecule has 0 atom stereocenters. The molecule has 5 rings (SSSR count). The molecule has 0 amide bonds. The Morgan fingerprint density at radius 1 is 0.653 bits per heavy atom. The highest BCUT2D eigenvalue weighted by molar-refractivity contribution is 6.00. The van der Waals surface area contributed by atoms with Crippen molar-refractivity contribution in [3.05, 3.63) is 74.6 Å². The van der Waals surface area contributed by atoms with Gasteiger partial charge in [-0.2, -0.15) is 0 Å². The van der Waals surface area contributed by atoms with Gasteiger partial charge in [0.05, 0.1) is 35.5 Å². The van der Waals surface area contributed by atoms with Crippen molar-refractivity contribution >= 4 is 29.0 Å². The number of fused-ring (bicyclic) bond motifs is 1. The Morgan fingerprint density at radius 3 is 1.57 bits per heavy atom. The number of hydrogen-bond acceptors (Lipinski definition) is 11. The van der Waals surface area contributed by atoms with Gasteiger partial charge in [-0.25, -0.2) is 19.0 Å². The topological polar surface area (TPSA) is 164 Å². The van der Waals surface area contributed by atoms with E-state index in [1.165, 1.54) is 53.8 Å². The standard InChI is InChI=1S/C36H32O11.CH4O/c1-17-32(21-11-20(9-10-37)26(41-4)14-27(21)42-5)18(2)34(23-13-25-31(16-29(23)44-7)46-47-36(25)40)19(3)33(17)22-12-24(35(38)39)30(45-8)15-28(22)43-6;1-2/h9,11-16H,1-8H3,(H,38,39);2H,1H3. The van der Waals surface area contributed by atoms with Gasteiger partial charge in [-0.05, 0) is 72.4 Å². The van der Waals surface area contributed by atoms with E-state index < -0.39 is 11.6 Å². The van der Waals surface area contributed by atoms with Gasteiger partial charge in [-0.3, -0.25) is 4.58 Å². The van der Waals surface area contributed by atoms with Crippen molar-refractivity contribution in [1.29, 1.82) is 0 Å². The van der Waals surface area contributed by atoms with Crippen molar-refractivity contribution in [1.82, 2.24) is 0 Å². The minimum Gasteiger partial charge on any atom is -0.496 e. The summed E-state index contributed by atoms with van der Waals surface area (Å²) in [6.45, 7) is 5.72. The predicted molar refractivity (Wildman–Crippen MR) is 183 cm³/mol. The smallest absolute Gasteiger partial charge is 0.390 e. The number of hydrogen-bond donors (Lipinski definition) is 2. The third kappa shape index (κ3) is 6.22. The second kappa shape index (κ2) is 14.8. The van der Waals surface area contributed by atoms with Crippen LogP contribution < -0.4 is 29.3 Å². The molecule has 256 valence electrons. The average molecular weight is 673 g/mol. The van der Waals surface area contributed by atoms with E-state index in [1.807, 2.05) is 26.7 Å². The van der Waals surface area contributed by atoms with Crippen LogP contribution in [0.1, 0.15) is 32.6 Å². The Labute approximate surface area is 281 Å². The van der Waals surface area contributed by atoms with E-state index in [9.17, 15) is 19.5 Å². The van der Waals surface area contributed by atoms with Crippen molar-refractivity contribution in [2.45, 2.75) is 20.8 Å². The molecule has 12 heteroatoms. The maximum Gasteiger partial charge on any atom is 0.390 e. The second-order valence-electron chi connectivity index (χ2n) is 10.6. The second-order valence-corrected chi connectivity index (χ2v) is 10.6.